The predicted molar refractivity (Wildman–Crippen MR) is 125 cm³/mol. The number of carbonyl (C=O) groups is 2. The summed E-state index contributed by atoms with van der Waals surface area (Å²) < 4.78 is 11.4. The number of carboxylic acids is 1. The van der Waals surface area contributed by atoms with Crippen LogP contribution >= 0.6 is 11.6 Å². The molecule has 0 fully saturated rings. The number of pyridine rings is 1. The molecule has 8 heteroatoms. The number of halogens is 1. The van der Waals surface area contributed by atoms with Crippen molar-refractivity contribution < 1.29 is 24.2 Å². The summed E-state index contributed by atoms with van der Waals surface area (Å²) in [7, 11) is 1.55. The third-order valence-electron chi connectivity index (χ3n) is 4.95. The summed E-state index contributed by atoms with van der Waals surface area (Å²) in [6.07, 6.45) is 0.972. The molecule has 7 nitrogen and oxygen atoms in total. The van der Waals surface area contributed by atoms with Gasteiger partial charge in [0.25, 0.3) is 5.91 Å². The molecule has 0 bridgehead atoms. The van der Waals surface area contributed by atoms with Crippen molar-refractivity contribution in [3.8, 4) is 16.9 Å². The van der Waals surface area contributed by atoms with Crippen molar-refractivity contribution in [3.63, 3.8) is 0 Å². The number of rotatable bonds is 10. The average molecular weight is 469 g/mol. The first kappa shape index (κ1) is 24.2. The monoisotopic (exact) mass is 468 g/mol. The molecule has 33 heavy (non-hydrogen) atoms. The molecule has 0 radical (unpaired) electrons. The molecule has 1 heterocycles. The van der Waals surface area contributed by atoms with E-state index in [1.807, 2.05) is 31.2 Å². The Morgan fingerprint density at radius 3 is 2.55 bits per heavy atom. The number of aromatic nitrogens is 1. The molecule has 0 saturated heterocycles. The smallest absolute Gasteiger partial charge is 0.306 e. The molecule has 3 aromatic rings. The number of nitrogens with one attached hydrogen (secondary N) is 1. The summed E-state index contributed by atoms with van der Waals surface area (Å²) in [5, 5.41) is 12.2. The van der Waals surface area contributed by atoms with Gasteiger partial charge in [0.2, 0.25) is 0 Å². The Labute approximate surface area is 197 Å². The number of carboxylic acid groups (broad SMARTS) is 1. The molecule has 0 aliphatic rings. The zero-order valence-electron chi connectivity index (χ0n) is 18.4. The molecule has 1 aromatic heterocycles. The van der Waals surface area contributed by atoms with E-state index in [1.54, 1.807) is 43.6 Å². The zero-order valence-corrected chi connectivity index (χ0v) is 19.1. The minimum atomic E-state index is -0.913. The van der Waals surface area contributed by atoms with Crippen LogP contribution < -0.4 is 10.1 Å². The Morgan fingerprint density at radius 1 is 1.12 bits per heavy atom. The highest BCUT2D eigenvalue weighted by Crippen LogP contribution is 2.30. The van der Waals surface area contributed by atoms with E-state index in [9.17, 15) is 9.59 Å². The quantitative estimate of drug-likeness (QED) is 0.439. The van der Waals surface area contributed by atoms with Gasteiger partial charge in [-0.25, -0.2) is 0 Å². The molecule has 0 aliphatic carbocycles. The fourth-order valence-corrected chi connectivity index (χ4v) is 3.54. The van der Waals surface area contributed by atoms with Gasteiger partial charge in [0.15, 0.2) is 0 Å². The zero-order chi connectivity index (χ0) is 23.8. The average Bonchev–Trinajstić information content (AvgIpc) is 2.83. The molecule has 0 spiro atoms. The summed E-state index contributed by atoms with van der Waals surface area (Å²) >= 11 is 6.41. The summed E-state index contributed by atoms with van der Waals surface area (Å²) in [5.74, 6) is -0.540. The van der Waals surface area contributed by atoms with Gasteiger partial charge in [0.05, 0.1) is 12.5 Å². The fourth-order valence-electron chi connectivity index (χ4n) is 3.31. The molecule has 1 atom stereocenters. The molecule has 172 valence electrons. The maximum Gasteiger partial charge on any atom is 0.306 e. The lowest BCUT2D eigenvalue weighted by Crippen LogP contribution is -2.19. The third kappa shape index (κ3) is 6.54. The van der Waals surface area contributed by atoms with Crippen molar-refractivity contribution >= 4 is 23.5 Å². The standard InChI is InChI=1S/C25H25ClN2O5/c1-3-32-23(14-24(29)30)17-5-7-19(8-6-17)33-15-16-4-9-21(26)20(12-16)18-10-11-28-22(13-18)25(31)27-2/h4-13,23H,3,14-15H2,1-2H3,(H,27,31)(H,29,30)/t23-/m0/s1. The Bertz CT molecular complexity index is 1120. The lowest BCUT2D eigenvalue weighted by molar-refractivity contribution is -0.140. The van der Waals surface area contributed by atoms with Crippen molar-refractivity contribution in [3.05, 3.63) is 82.6 Å². The molecule has 1 amide bonds. The van der Waals surface area contributed by atoms with Crippen LogP contribution in [0.4, 0.5) is 0 Å². The van der Waals surface area contributed by atoms with E-state index in [2.05, 4.69) is 10.3 Å². The van der Waals surface area contributed by atoms with Gasteiger partial charge in [-0.3, -0.25) is 14.6 Å². The van der Waals surface area contributed by atoms with Crippen LogP contribution in [0.3, 0.4) is 0 Å². The van der Waals surface area contributed by atoms with Crippen LogP contribution in [0.5, 0.6) is 5.75 Å². The largest absolute Gasteiger partial charge is 0.489 e. The van der Waals surface area contributed by atoms with Crippen LogP contribution in [0.1, 0.15) is 41.1 Å². The fraction of sp³-hybridized carbons (Fsp3) is 0.240. The van der Waals surface area contributed by atoms with Crippen molar-refractivity contribution in [1.29, 1.82) is 0 Å². The van der Waals surface area contributed by atoms with Crippen LogP contribution in [0.25, 0.3) is 11.1 Å². The van der Waals surface area contributed by atoms with E-state index in [-0.39, 0.29) is 12.3 Å². The number of carbonyl (C=O) groups excluding carboxylic acids is 1. The summed E-state index contributed by atoms with van der Waals surface area (Å²) in [6.45, 7) is 2.57. The van der Waals surface area contributed by atoms with E-state index in [0.29, 0.717) is 29.7 Å². The maximum atomic E-state index is 11.9. The van der Waals surface area contributed by atoms with Gasteiger partial charge in [-0.1, -0.05) is 29.8 Å². The van der Waals surface area contributed by atoms with Crippen LogP contribution in [-0.2, 0) is 16.1 Å². The Morgan fingerprint density at radius 2 is 1.88 bits per heavy atom. The molecule has 0 aliphatic heterocycles. The molecule has 0 saturated carbocycles. The van der Waals surface area contributed by atoms with E-state index in [4.69, 9.17) is 26.2 Å². The van der Waals surface area contributed by atoms with Crippen molar-refractivity contribution in [2.75, 3.05) is 13.7 Å². The minimum Gasteiger partial charge on any atom is -0.489 e. The summed E-state index contributed by atoms with van der Waals surface area (Å²) in [5.41, 5.74) is 3.54. The van der Waals surface area contributed by atoms with Crippen LogP contribution in [0.15, 0.2) is 60.8 Å². The van der Waals surface area contributed by atoms with Crippen LogP contribution in [0.2, 0.25) is 5.02 Å². The van der Waals surface area contributed by atoms with E-state index in [1.165, 1.54) is 0 Å². The predicted octanol–water partition coefficient (Wildman–Crippen LogP) is 4.89. The highest BCUT2D eigenvalue weighted by atomic mass is 35.5. The lowest BCUT2D eigenvalue weighted by atomic mass is 10.0. The van der Waals surface area contributed by atoms with E-state index < -0.39 is 12.1 Å². The van der Waals surface area contributed by atoms with Gasteiger partial charge in [-0.2, -0.15) is 0 Å². The van der Waals surface area contributed by atoms with Gasteiger partial charge in [-0.05, 0) is 60.0 Å². The summed E-state index contributed by atoms with van der Waals surface area (Å²) in [6, 6.07) is 16.3. The van der Waals surface area contributed by atoms with E-state index in [0.717, 1.165) is 22.3 Å². The number of hydrogen-bond donors (Lipinski definition) is 2. The normalized spacial score (nSPS) is 11.6. The second kappa shape index (κ2) is 11.4. The number of nitrogens with zero attached hydrogens (tertiary/aromatic N) is 1. The van der Waals surface area contributed by atoms with Crippen molar-refractivity contribution in [1.82, 2.24) is 10.3 Å². The molecular weight excluding hydrogens is 444 g/mol. The molecular formula is C25H25ClN2O5. The molecule has 0 unspecified atom stereocenters. The first-order valence-corrected chi connectivity index (χ1v) is 10.8. The van der Waals surface area contributed by atoms with Gasteiger partial charge < -0.3 is 19.9 Å². The Balaban J connectivity index is 1.72. The molecule has 2 N–H and O–H groups in total. The maximum absolute atomic E-state index is 11.9. The third-order valence-corrected chi connectivity index (χ3v) is 5.28. The number of aliphatic carboxylic acids is 1. The second-order valence-electron chi connectivity index (χ2n) is 7.22. The van der Waals surface area contributed by atoms with Crippen LogP contribution in [-0.4, -0.2) is 35.6 Å². The van der Waals surface area contributed by atoms with Gasteiger partial charge in [0, 0.05) is 30.4 Å². The number of ether oxygens (including phenoxy) is 2. The van der Waals surface area contributed by atoms with Crippen molar-refractivity contribution in [2.45, 2.75) is 26.1 Å². The summed E-state index contributed by atoms with van der Waals surface area (Å²) in [4.78, 5) is 27.1. The minimum absolute atomic E-state index is 0.0990. The van der Waals surface area contributed by atoms with Crippen LogP contribution in [0, 0.1) is 0 Å². The second-order valence-corrected chi connectivity index (χ2v) is 7.63. The highest BCUT2D eigenvalue weighted by molar-refractivity contribution is 6.33. The lowest BCUT2D eigenvalue weighted by Gasteiger charge is -2.16. The van der Waals surface area contributed by atoms with Crippen molar-refractivity contribution in [2.24, 2.45) is 0 Å². The number of hydrogen-bond acceptors (Lipinski definition) is 5. The van der Waals surface area contributed by atoms with Gasteiger partial charge in [-0.15, -0.1) is 0 Å². The highest BCUT2D eigenvalue weighted by Gasteiger charge is 2.16. The Kier molecular flexibility index (Phi) is 8.40. The first-order chi connectivity index (χ1) is 15.9. The molecule has 2 aromatic carbocycles. The van der Waals surface area contributed by atoms with E-state index >= 15 is 0 Å². The Hall–Kier alpha value is -3.42. The SMILES string of the molecule is CCO[C@@H](CC(=O)O)c1ccc(OCc2ccc(Cl)c(-c3ccnc(C(=O)NC)c3)c2)cc1. The first-order valence-electron chi connectivity index (χ1n) is 10.4. The van der Waals surface area contributed by atoms with Gasteiger partial charge in [0.1, 0.15) is 18.1 Å². The molecule has 3 rings (SSSR count). The topological polar surface area (TPSA) is 97.8 Å². The number of amides is 1. The van der Waals surface area contributed by atoms with Gasteiger partial charge >= 0.3 is 5.97 Å². The number of benzene rings is 2.